The first-order valence-corrected chi connectivity index (χ1v) is 12.3. The molecule has 8 aromatic rings. The Hall–Kier alpha value is -5.08. The third-order valence-electron chi connectivity index (χ3n) is 7.05. The Morgan fingerprint density at radius 3 is 1.97 bits per heavy atom. The number of benzene rings is 6. The van der Waals surface area contributed by atoms with Crippen LogP contribution in [0.3, 0.4) is 0 Å². The van der Waals surface area contributed by atoms with Crippen LogP contribution in [0.15, 0.2) is 144 Å². The van der Waals surface area contributed by atoms with Crippen molar-refractivity contribution in [3.63, 3.8) is 0 Å². The molecule has 0 radical (unpaired) electrons. The number of rotatable bonds is 3. The van der Waals surface area contributed by atoms with Crippen molar-refractivity contribution in [1.82, 2.24) is 4.57 Å². The van der Waals surface area contributed by atoms with Crippen molar-refractivity contribution in [1.29, 1.82) is 0 Å². The molecule has 0 aliphatic carbocycles. The van der Waals surface area contributed by atoms with E-state index in [4.69, 9.17) is 15.4 Å². The molecule has 0 aliphatic heterocycles. The van der Waals surface area contributed by atoms with Crippen molar-refractivity contribution in [2.75, 3.05) is 0 Å². The minimum absolute atomic E-state index is 0.0549. The average Bonchev–Trinajstić information content (AvgIpc) is 3.65. The van der Waals surface area contributed by atoms with Crippen molar-refractivity contribution >= 4 is 43.7 Å². The van der Waals surface area contributed by atoms with Crippen LogP contribution in [0.1, 0.15) is 11.0 Å². The lowest BCUT2D eigenvalue weighted by atomic mass is 9.97. The standard InChI is InChI=1S/C36H23NO/c1-4-19-33-29(14-1)30-15-2-5-20-34(30)37(33)27-13-8-11-25(23-27)24-10-7-12-26(22-24)28-17-9-18-32-31-16-3-6-21-35(31)38-36(28)32/h1-23H/i1D,2D,4D,5D,14D,15D,19D,20D. The second-order valence-electron chi connectivity index (χ2n) is 9.19. The number of para-hydroxylation sites is 4. The first-order chi connectivity index (χ1) is 22.2. The summed E-state index contributed by atoms with van der Waals surface area (Å²) in [5.74, 6) is 0. The predicted octanol–water partition coefficient (Wildman–Crippen LogP) is 10.0. The van der Waals surface area contributed by atoms with Crippen LogP contribution in [-0.2, 0) is 0 Å². The highest BCUT2D eigenvalue weighted by Crippen LogP contribution is 2.37. The number of hydrogen-bond acceptors (Lipinski definition) is 1. The normalized spacial score (nSPS) is 14.6. The summed E-state index contributed by atoms with van der Waals surface area (Å²) in [6.07, 6.45) is 0. The van der Waals surface area contributed by atoms with Crippen LogP contribution >= 0.6 is 0 Å². The molecular formula is C36H23NO. The number of nitrogens with zero attached hydrogens (tertiary/aromatic N) is 1. The second-order valence-corrected chi connectivity index (χ2v) is 9.19. The highest BCUT2D eigenvalue weighted by molar-refractivity contribution is 6.10. The monoisotopic (exact) mass is 493 g/mol. The molecule has 2 heteroatoms. The number of furan rings is 1. The maximum absolute atomic E-state index is 8.81. The molecule has 2 aromatic heterocycles. The van der Waals surface area contributed by atoms with Gasteiger partial charge in [-0.25, -0.2) is 0 Å². The Morgan fingerprint density at radius 1 is 0.526 bits per heavy atom. The summed E-state index contributed by atoms with van der Waals surface area (Å²) in [7, 11) is 0. The summed E-state index contributed by atoms with van der Waals surface area (Å²) in [5, 5.41) is 2.19. The summed E-state index contributed by atoms with van der Waals surface area (Å²) < 4.78 is 76.2. The number of fused-ring (bicyclic) bond motifs is 6. The van der Waals surface area contributed by atoms with Crippen LogP contribution < -0.4 is 0 Å². The zero-order valence-corrected chi connectivity index (χ0v) is 20.0. The second kappa shape index (κ2) is 8.22. The Balaban J connectivity index is 1.37. The quantitative estimate of drug-likeness (QED) is 0.239. The van der Waals surface area contributed by atoms with E-state index in [2.05, 4.69) is 6.07 Å². The molecule has 0 atom stereocenters. The van der Waals surface area contributed by atoms with Gasteiger partial charge in [0, 0.05) is 32.8 Å². The van der Waals surface area contributed by atoms with Gasteiger partial charge in [-0.1, -0.05) is 103 Å². The minimum Gasteiger partial charge on any atom is -0.455 e. The Labute approximate surface area is 231 Å². The van der Waals surface area contributed by atoms with Crippen LogP contribution in [0.4, 0.5) is 0 Å². The fraction of sp³-hybridized carbons (Fsp3) is 0. The van der Waals surface area contributed by atoms with Crippen LogP contribution in [0.5, 0.6) is 0 Å². The van der Waals surface area contributed by atoms with E-state index >= 15 is 0 Å². The summed E-state index contributed by atoms with van der Waals surface area (Å²) >= 11 is 0. The van der Waals surface area contributed by atoms with Crippen LogP contribution in [-0.4, -0.2) is 4.57 Å². The van der Waals surface area contributed by atoms with Gasteiger partial charge in [-0.15, -0.1) is 0 Å². The molecule has 178 valence electrons. The van der Waals surface area contributed by atoms with Crippen LogP contribution in [0, 0.1) is 0 Å². The van der Waals surface area contributed by atoms with Gasteiger partial charge < -0.3 is 8.98 Å². The fourth-order valence-electron chi connectivity index (χ4n) is 5.34. The molecule has 0 saturated heterocycles. The lowest BCUT2D eigenvalue weighted by molar-refractivity contribution is 0.670. The van der Waals surface area contributed by atoms with E-state index in [1.165, 1.54) is 4.57 Å². The fourth-order valence-corrected chi connectivity index (χ4v) is 5.34. The summed E-state index contributed by atoms with van der Waals surface area (Å²) in [5.41, 5.74) is 5.89. The van der Waals surface area contributed by atoms with Gasteiger partial charge >= 0.3 is 0 Å². The van der Waals surface area contributed by atoms with Gasteiger partial charge in [-0.2, -0.15) is 0 Å². The molecule has 38 heavy (non-hydrogen) atoms. The van der Waals surface area contributed by atoms with Gasteiger partial charge in [-0.05, 0) is 53.0 Å². The Kier molecular flexibility index (Phi) is 3.16. The Morgan fingerprint density at radius 2 is 1.16 bits per heavy atom. The third-order valence-corrected chi connectivity index (χ3v) is 7.05. The van der Waals surface area contributed by atoms with Crippen molar-refractivity contribution in [2.24, 2.45) is 0 Å². The van der Waals surface area contributed by atoms with Gasteiger partial charge in [0.05, 0.1) is 22.0 Å². The molecule has 2 heterocycles. The zero-order valence-electron chi connectivity index (χ0n) is 28.0. The molecule has 2 nitrogen and oxygen atoms in total. The average molecular weight is 494 g/mol. The molecular weight excluding hydrogens is 462 g/mol. The van der Waals surface area contributed by atoms with E-state index in [-0.39, 0.29) is 46.0 Å². The van der Waals surface area contributed by atoms with E-state index in [0.717, 1.165) is 44.2 Å². The summed E-state index contributed by atoms with van der Waals surface area (Å²) in [6, 6.07) is 26.3. The van der Waals surface area contributed by atoms with Crippen molar-refractivity contribution in [2.45, 2.75) is 0 Å². The highest BCUT2D eigenvalue weighted by atomic mass is 16.3. The zero-order chi connectivity index (χ0) is 32.0. The summed E-state index contributed by atoms with van der Waals surface area (Å²) in [6.45, 7) is 0. The maximum atomic E-state index is 8.81. The van der Waals surface area contributed by atoms with Crippen LogP contribution in [0.25, 0.3) is 71.7 Å². The van der Waals surface area contributed by atoms with E-state index in [9.17, 15) is 0 Å². The summed E-state index contributed by atoms with van der Waals surface area (Å²) in [4.78, 5) is 0. The minimum atomic E-state index is -0.464. The maximum Gasteiger partial charge on any atom is 0.143 e. The molecule has 0 bridgehead atoms. The van der Waals surface area contributed by atoms with Gasteiger partial charge in [0.15, 0.2) is 0 Å². The topological polar surface area (TPSA) is 18.1 Å². The van der Waals surface area contributed by atoms with Gasteiger partial charge in [0.1, 0.15) is 11.2 Å². The smallest absolute Gasteiger partial charge is 0.143 e. The first kappa shape index (κ1) is 14.6. The third kappa shape index (κ3) is 3.14. The molecule has 6 aromatic carbocycles. The lowest BCUT2D eigenvalue weighted by Crippen LogP contribution is -1.94. The van der Waals surface area contributed by atoms with Crippen molar-refractivity contribution < 1.29 is 15.4 Å². The van der Waals surface area contributed by atoms with Crippen molar-refractivity contribution in [3.8, 4) is 27.9 Å². The molecule has 0 aliphatic rings. The van der Waals surface area contributed by atoms with E-state index in [1.54, 1.807) is 6.07 Å². The lowest BCUT2D eigenvalue weighted by Gasteiger charge is -2.11. The van der Waals surface area contributed by atoms with Gasteiger partial charge in [0.2, 0.25) is 0 Å². The van der Waals surface area contributed by atoms with E-state index in [1.807, 2.05) is 78.9 Å². The number of hydrogen-bond donors (Lipinski definition) is 0. The largest absolute Gasteiger partial charge is 0.455 e. The van der Waals surface area contributed by atoms with E-state index < -0.39 is 24.2 Å². The van der Waals surface area contributed by atoms with Gasteiger partial charge in [0.25, 0.3) is 0 Å². The van der Waals surface area contributed by atoms with Crippen molar-refractivity contribution in [3.05, 3.63) is 139 Å². The molecule has 0 amide bonds. The van der Waals surface area contributed by atoms with Gasteiger partial charge in [-0.3, -0.25) is 0 Å². The molecule has 0 N–H and O–H groups in total. The molecule has 0 saturated carbocycles. The van der Waals surface area contributed by atoms with E-state index in [0.29, 0.717) is 5.69 Å². The first-order valence-electron chi connectivity index (χ1n) is 16.3. The SMILES string of the molecule is [2H]c1c([2H])c([2H])c2c(c1[2H])c1c([2H])c([2H])c([2H])c([2H])c1n2-c1cccc(-c2cccc(-c3cccc4c3oc3ccccc34)c2)c1. The molecule has 8 rings (SSSR count). The molecule has 0 fully saturated rings. The number of aromatic nitrogens is 1. The Bertz CT molecular complexity index is 2510. The molecule has 0 unspecified atom stereocenters. The highest BCUT2D eigenvalue weighted by Gasteiger charge is 2.14. The van der Waals surface area contributed by atoms with Crippen LogP contribution in [0.2, 0.25) is 0 Å². The predicted molar refractivity (Wildman–Crippen MR) is 159 cm³/mol. The molecule has 0 spiro atoms.